The van der Waals surface area contributed by atoms with Crippen molar-refractivity contribution in [3.8, 4) is 11.8 Å². The van der Waals surface area contributed by atoms with Gasteiger partial charge < -0.3 is 0 Å². The lowest BCUT2D eigenvalue weighted by Crippen LogP contribution is -1.99. The third kappa shape index (κ3) is 4.24. The highest BCUT2D eigenvalue weighted by molar-refractivity contribution is 5.74. The molecule has 1 aliphatic rings. The van der Waals surface area contributed by atoms with Gasteiger partial charge in [-0.1, -0.05) is 62.0 Å². The first-order valence-corrected chi connectivity index (χ1v) is 7.27. The highest BCUT2D eigenvalue weighted by Crippen LogP contribution is 2.21. The van der Waals surface area contributed by atoms with Crippen molar-refractivity contribution in [3.63, 3.8) is 0 Å². The molecule has 0 aromatic heterocycles. The summed E-state index contributed by atoms with van der Waals surface area (Å²) >= 11 is 0. The molecule has 0 spiro atoms. The van der Waals surface area contributed by atoms with Gasteiger partial charge in [0.1, 0.15) is 6.29 Å². The van der Waals surface area contributed by atoms with Crippen LogP contribution in [-0.2, 0) is 0 Å². The number of aldehydes is 1. The SMILES string of the molecule is CCCCC1C=CC(C#Cc2ccc(C=O)cc2)=CC1. The van der Waals surface area contributed by atoms with Crippen molar-refractivity contribution in [2.75, 3.05) is 0 Å². The summed E-state index contributed by atoms with van der Waals surface area (Å²) in [5.74, 6) is 7.01. The van der Waals surface area contributed by atoms with E-state index in [1.165, 1.54) is 19.3 Å². The lowest BCUT2D eigenvalue weighted by Gasteiger charge is -2.13. The van der Waals surface area contributed by atoms with E-state index in [2.05, 4.69) is 37.0 Å². The quantitative estimate of drug-likeness (QED) is 0.576. The molecular formula is C19H20O. The van der Waals surface area contributed by atoms with E-state index < -0.39 is 0 Å². The molecule has 0 saturated heterocycles. The Morgan fingerprint density at radius 2 is 2.05 bits per heavy atom. The summed E-state index contributed by atoms with van der Waals surface area (Å²) in [4.78, 5) is 10.6. The van der Waals surface area contributed by atoms with Crippen molar-refractivity contribution in [3.05, 3.63) is 59.2 Å². The molecule has 102 valence electrons. The average Bonchev–Trinajstić information content (AvgIpc) is 2.52. The lowest BCUT2D eigenvalue weighted by atomic mass is 9.92. The summed E-state index contributed by atoms with van der Waals surface area (Å²) in [5, 5.41) is 0. The lowest BCUT2D eigenvalue weighted by molar-refractivity contribution is 0.112. The second kappa shape index (κ2) is 7.50. The van der Waals surface area contributed by atoms with Crippen LogP contribution in [0.5, 0.6) is 0 Å². The molecule has 0 aliphatic heterocycles. The first-order valence-electron chi connectivity index (χ1n) is 7.27. The summed E-state index contributed by atoms with van der Waals surface area (Å²) in [6.45, 7) is 2.23. The van der Waals surface area contributed by atoms with Gasteiger partial charge in [0.2, 0.25) is 0 Å². The topological polar surface area (TPSA) is 17.1 Å². The zero-order valence-corrected chi connectivity index (χ0v) is 11.9. The molecule has 1 nitrogen and oxygen atoms in total. The van der Waals surface area contributed by atoms with E-state index in [9.17, 15) is 4.79 Å². The molecule has 1 aromatic rings. The van der Waals surface area contributed by atoms with E-state index in [0.717, 1.165) is 23.8 Å². The monoisotopic (exact) mass is 264 g/mol. The average molecular weight is 264 g/mol. The fourth-order valence-electron chi connectivity index (χ4n) is 2.23. The van der Waals surface area contributed by atoms with Gasteiger partial charge in [-0.3, -0.25) is 4.79 Å². The van der Waals surface area contributed by atoms with Crippen LogP contribution in [0.1, 0.15) is 48.5 Å². The number of unbranched alkanes of at least 4 members (excludes halogenated alkanes) is 1. The van der Waals surface area contributed by atoms with Crippen LogP contribution in [0.3, 0.4) is 0 Å². The molecule has 0 fully saturated rings. The van der Waals surface area contributed by atoms with Gasteiger partial charge in [0.15, 0.2) is 0 Å². The fraction of sp³-hybridized carbons (Fsp3) is 0.316. The van der Waals surface area contributed by atoms with Crippen LogP contribution in [0.2, 0.25) is 0 Å². The van der Waals surface area contributed by atoms with Crippen LogP contribution >= 0.6 is 0 Å². The number of allylic oxidation sites excluding steroid dienone is 4. The van der Waals surface area contributed by atoms with Crippen LogP contribution < -0.4 is 0 Å². The summed E-state index contributed by atoms with van der Waals surface area (Å²) in [5.41, 5.74) is 2.72. The van der Waals surface area contributed by atoms with Crippen molar-refractivity contribution in [2.45, 2.75) is 32.6 Å². The molecule has 1 unspecified atom stereocenters. The first kappa shape index (κ1) is 14.3. The summed E-state index contributed by atoms with van der Waals surface area (Å²) < 4.78 is 0. The minimum Gasteiger partial charge on any atom is -0.298 e. The standard InChI is InChI=1S/C19H20O/c1-2-3-4-16-5-7-17(8-6-16)9-10-18-11-13-19(15-20)14-12-18/h5,7-8,11-16H,2-4,6H2,1H3. The van der Waals surface area contributed by atoms with E-state index >= 15 is 0 Å². The van der Waals surface area contributed by atoms with Gasteiger partial charge in [0, 0.05) is 16.7 Å². The maximum Gasteiger partial charge on any atom is 0.150 e. The molecule has 1 atom stereocenters. The van der Waals surface area contributed by atoms with E-state index in [1.807, 2.05) is 12.1 Å². The van der Waals surface area contributed by atoms with Gasteiger partial charge in [-0.05, 0) is 30.9 Å². The van der Waals surface area contributed by atoms with Crippen molar-refractivity contribution in [1.29, 1.82) is 0 Å². The van der Waals surface area contributed by atoms with Crippen molar-refractivity contribution in [1.82, 2.24) is 0 Å². The Kier molecular flexibility index (Phi) is 5.38. The molecule has 2 rings (SSSR count). The van der Waals surface area contributed by atoms with Crippen LogP contribution in [0.15, 0.2) is 48.1 Å². The predicted octanol–water partition coefficient (Wildman–Crippen LogP) is 4.54. The number of rotatable bonds is 4. The predicted molar refractivity (Wildman–Crippen MR) is 83.6 cm³/mol. The first-order chi connectivity index (χ1) is 9.81. The molecule has 1 aromatic carbocycles. The Balaban J connectivity index is 1.94. The minimum absolute atomic E-state index is 0.686. The van der Waals surface area contributed by atoms with Crippen molar-refractivity contribution < 1.29 is 4.79 Å². The zero-order valence-electron chi connectivity index (χ0n) is 11.9. The third-order valence-electron chi connectivity index (χ3n) is 3.51. The molecule has 1 aliphatic carbocycles. The summed E-state index contributed by atoms with van der Waals surface area (Å²) in [6.07, 6.45) is 12.4. The van der Waals surface area contributed by atoms with Gasteiger partial charge in [-0.15, -0.1) is 0 Å². The molecular weight excluding hydrogens is 244 g/mol. The Morgan fingerprint density at radius 1 is 1.25 bits per heavy atom. The number of hydrogen-bond acceptors (Lipinski definition) is 1. The Bertz CT molecular complexity index is 564. The highest BCUT2D eigenvalue weighted by Gasteiger charge is 2.06. The summed E-state index contributed by atoms with van der Waals surface area (Å²) in [6, 6.07) is 7.35. The van der Waals surface area contributed by atoms with E-state index in [-0.39, 0.29) is 0 Å². The van der Waals surface area contributed by atoms with Gasteiger partial charge in [0.25, 0.3) is 0 Å². The van der Waals surface area contributed by atoms with Gasteiger partial charge in [-0.2, -0.15) is 0 Å². The van der Waals surface area contributed by atoms with Crippen molar-refractivity contribution in [2.24, 2.45) is 5.92 Å². The van der Waals surface area contributed by atoms with E-state index in [4.69, 9.17) is 0 Å². The maximum absolute atomic E-state index is 10.6. The van der Waals surface area contributed by atoms with E-state index in [0.29, 0.717) is 11.5 Å². The fourth-order valence-corrected chi connectivity index (χ4v) is 2.23. The Morgan fingerprint density at radius 3 is 2.65 bits per heavy atom. The second-order valence-corrected chi connectivity index (χ2v) is 5.15. The second-order valence-electron chi connectivity index (χ2n) is 5.15. The molecule has 0 heterocycles. The molecule has 1 heteroatoms. The number of benzene rings is 1. The highest BCUT2D eigenvalue weighted by atomic mass is 16.1. The zero-order chi connectivity index (χ0) is 14.2. The van der Waals surface area contributed by atoms with Gasteiger partial charge >= 0.3 is 0 Å². The van der Waals surface area contributed by atoms with Crippen LogP contribution in [0.4, 0.5) is 0 Å². The largest absolute Gasteiger partial charge is 0.298 e. The van der Waals surface area contributed by atoms with Crippen molar-refractivity contribution >= 4 is 6.29 Å². The molecule has 20 heavy (non-hydrogen) atoms. The van der Waals surface area contributed by atoms with Crippen LogP contribution in [0.25, 0.3) is 0 Å². The van der Waals surface area contributed by atoms with E-state index in [1.54, 1.807) is 12.1 Å². The van der Waals surface area contributed by atoms with Gasteiger partial charge in [0.05, 0.1) is 0 Å². The van der Waals surface area contributed by atoms with Crippen LogP contribution in [-0.4, -0.2) is 6.29 Å². The number of carbonyl (C=O) groups excluding carboxylic acids is 1. The Labute approximate surface area is 121 Å². The number of hydrogen-bond donors (Lipinski definition) is 0. The summed E-state index contributed by atoms with van der Waals surface area (Å²) in [7, 11) is 0. The smallest absolute Gasteiger partial charge is 0.150 e. The van der Waals surface area contributed by atoms with Crippen LogP contribution in [0, 0.1) is 17.8 Å². The minimum atomic E-state index is 0.686. The molecule has 0 N–H and O–H groups in total. The molecule has 0 saturated carbocycles. The Hall–Kier alpha value is -2.07. The normalized spacial score (nSPS) is 17.1. The molecule has 0 radical (unpaired) electrons. The molecule has 0 bridgehead atoms. The molecule has 0 amide bonds. The maximum atomic E-state index is 10.6. The van der Waals surface area contributed by atoms with Gasteiger partial charge in [-0.25, -0.2) is 0 Å². The number of carbonyl (C=O) groups is 1. The third-order valence-corrected chi connectivity index (χ3v) is 3.51.